The molecule has 0 spiro atoms. The number of para-hydroxylation sites is 1. The minimum Gasteiger partial charge on any atom is -0.319 e. The summed E-state index contributed by atoms with van der Waals surface area (Å²) in [6.07, 6.45) is 1.86. The quantitative estimate of drug-likeness (QED) is 0.879. The van der Waals surface area contributed by atoms with Gasteiger partial charge in [-0.2, -0.15) is 4.31 Å². The second-order valence-corrected chi connectivity index (χ2v) is 9.04. The van der Waals surface area contributed by atoms with E-state index in [9.17, 15) is 17.6 Å². The number of rotatable bonds is 4. The predicted octanol–water partition coefficient (Wildman–Crippen LogP) is 3.56. The van der Waals surface area contributed by atoms with Gasteiger partial charge < -0.3 is 5.32 Å². The monoisotopic (exact) mass is 382 g/mol. The standard InChI is InChI=1S/C17H19FN2O3S2/c1-12-5-4-8-20(10-12)25(22,23)13-9-16(24-11-13)17(21)19-15-7-3-2-6-14(15)18/h2-3,6-7,9,11-12H,4-5,8,10H2,1H3,(H,19,21)/t12-/m1/s1. The van der Waals surface area contributed by atoms with E-state index in [0.717, 1.165) is 24.2 Å². The number of sulfonamides is 1. The van der Waals surface area contributed by atoms with E-state index in [0.29, 0.717) is 19.0 Å². The van der Waals surface area contributed by atoms with Gasteiger partial charge in [0.2, 0.25) is 10.0 Å². The zero-order valence-corrected chi connectivity index (χ0v) is 15.4. The summed E-state index contributed by atoms with van der Waals surface area (Å²) in [5.74, 6) is -0.739. The van der Waals surface area contributed by atoms with Crippen LogP contribution in [0.3, 0.4) is 0 Å². The molecule has 2 heterocycles. The van der Waals surface area contributed by atoms with Crippen molar-refractivity contribution >= 4 is 33.0 Å². The number of carbonyl (C=O) groups excluding carboxylic acids is 1. The minimum atomic E-state index is -3.60. The fraction of sp³-hybridized carbons (Fsp3) is 0.353. The second kappa shape index (κ2) is 7.23. The first-order valence-corrected chi connectivity index (χ1v) is 10.3. The number of amides is 1. The summed E-state index contributed by atoms with van der Waals surface area (Å²) in [7, 11) is -3.60. The van der Waals surface area contributed by atoms with Crippen molar-refractivity contribution in [3.8, 4) is 0 Å². The molecule has 1 atom stereocenters. The zero-order valence-electron chi connectivity index (χ0n) is 13.7. The van der Waals surface area contributed by atoms with E-state index in [1.807, 2.05) is 6.92 Å². The lowest BCUT2D eigenvalue weighted by molar-refractivity contribution is 0.103. The van der Waals surface area contributed by atoms with Gasteiger partial charge in [-0.3, -0.25) is 4.79 Å². The first kappa shape index (κ1) is 18.0. The number of anilines is 1. The summed E-state index contributed by atoms with van der Waals surface area (Å²) in [4.78, 5) is 12.6. The molecule has 1 aromatic carbocycles. The first-order valence-electron chi connectivity index (χ1n) is 8.02. The summed E-state index contributed by atoms with van der Waals surface area (Å²) < 4.78 is 40.5. The topological polar surface area (TPSA) is 66.5 Å². The molecule has 3 rings (SSSR count). The summed E-state index contributed by atoms with van der Waals surface area (Å²) in [6.45, 7) is 3.02. The Morgan fingerprint density at radius 1 is 1.36 bits per heavy atom. The zero-order chi connectivity index (χ0) is 18.0. The number of carbonyl (C=O) groups is 1. The largest absolute Gasteiger partial charge is 0.319 e. The molecule has 25 heavy (non-hydrogen) atoms. The van der Waals surface area contributed by atoms with Crippen LogP contribution in [0.1, 0.15) is 29.4 Å². The molecule has 0 bridgehead atoms. The first-order chi connectivity index (χ1) is 11.9. The van der Waals surface area contributed by atoms with Crippen LogP contribution >= 0.6 is 11.3 Å². The van der Waals surface area contributed by atoms with Crippen molar-refractivity contribution in [1.29, 1.82) is 0 Å². The van der Waals surface area contributed by atoms with Crippen molar-refractivity contribution in [2.24, 2.45) is 5.92 Å². The van der Waals surface area contributed by atoms with Crippen LogP contribution < -0.4 is 5.32 Å². The SMILES string of the molecule is C[C@@H]1CCCN(S(=O)(=O)c2csc(C(=O)Nc3ccccc3F)c2)C1. The lowest BCUT2D eigenvalue weighted by atomic mass is 10.0. The molecular weight excluding hydrogens is 363 g/mol. The Labute approximate surface area is 150 Å². The van der Waals surface area contributed by atoms with Gasteiger partial charge in [0.05, 0.1) is 15.5 Å². The number of piperidine rings is 1. The molecule has 2 aromatic rings. The van der Waals surface area contributed by atoms with E-state index < -0.39 is 21.7 Å². The van der Waals surface area contributed by atoms with Gasteiger partial charge in [0, 0.05) is 18.5 Å². The van der Waals surface area contributed by atoms with Crippen LogP contribution in [0.2, 0.25) is 0 Å². The Morgan fingerprint density at radius 3 is 2.84 bits per heavy atom. The maximum absolute atomic E-state index is 13.6. The Bertz CT molecular complexity index is 880. The Hall–Kier alpha value is -1.77. The van der Waals surface area contributed by atoms with Crippen molar-refractivity contribution in [3.05, 3.63) is 46.4 Å². The molecule has 0 radical (unpaired) electrons. The molecule has 0 saturated carbocycles. The van der Waals surface area contributed by atoms with Crippen molar-refractivity contribution in [2.45, 2.75) is 24.7 Å². The van der Waals surface area contributed by atoms with Gasteiger partial charge in [-0.05, 0) is 37.0 Å². The van der Waals surface area contributed by atoms with Gasteiger partial charge in [-0.15, -0.1) is 11.3 Å². The predicted molar refractivity (Wildman–Crippen MR) is 95.8 cm³/mol. The molecule has 8 heteroatoms. The highest BCUT2D eigenvalue weighted by molar-refractivity contribution is 7.89. The van der Waals surface area contributed by atoms with Crippen molar-refractivity contribution in [3.63, 3.8) is 0 Å². The van der Waals surface area contributed by atoms with Crippen molar-refractivity contribution < 1.29 is 17.6 Å². The number of thiophene rings is 1. The number of nitrogens with zero attached hydrogens (tertiary/aromatic N) is 1. The third kappa shape index (κ3) is 3.91. The van der Waals surface area contributed by atoms with Crippen LogP contribution in [0, 0.1) is 11.7 Å². The molecule has 1 aromatic heterocycles. The Balaban J connectivity index is 1.77. The third-order valence-corrected chi connectivity index (χ3v) is 7.10. The summed E-state index contributed by atoms with van der Waals surface area (Å²) in [5.41, 5.74) is 0.0650. The third-order valence-electron chi connectivity index (χ3n) is 4.18. The average Bonchev–Trinajstić information content (AvgIpc) is 3.08. The lowest BCUT2D eigenvalue weighted by Gasteiger charge is -2.29. The fourth-order valence-electron chi connectivity index (χ4n) is 2.83. The minimum absolute atomic E-state index is 0.0650. The summed E-state index contributed by atoms with van der Waals surface area (Å²) in [6, 6.07) is 7.20. The highest BCUT2D eigenvalue weighted by Crippen LogP contribution is 2.27. The maximum Gasteiger partial charge on any atom is 0.265 e. The van der Waals surface area contributed by atoms with Gasteiger partial charge in [-0.25, -0.2) is 12.8 Å². The van der Waals surface area contributed by atoms with Crippen molar-refractivity contribution in [2.75, 3.05) is 18.4 Å². The molecule has 1 amide bonds. The number of nitrogens with one attached hydrogen (secondary N) is 1. The molecule has 134 valence electrons. The average molecular weight is 382 g/mol. The maximum atomic E-state index is 13.6. The van der Waals surface area contributed by atoms with Crippen LogP contribution in [-0.4, -0.2) is 31.7 Å². The van der Waals surface area contributed by atoms with Gasteiger partial charge in [0.25, 0.3) is 5.91 Å². The molecule has 5 nitrogen and oxygen atoms in total. The smallest absolute Gasteiger partial charge is 0.265 e. The van der Waals surface area contributed by atoms with Crippen LogP contribution in [0.25, 0.3) is 0 Å². The highest BCUT2D eigenvalue weighted by atomic mass is 32.2. The Morgan fingerprint density at radius 2 is 2.12 bits per heavy atom. The molecule has 0 aliphatic carbocycles. The van der Waals surface area contributed by atoms with Crippen molar-refractivity contribution in [1.82, 2.24) is 4.31 Å². The van der Waals surface area contributed by atoms with Crippen LogP contribution in [0.15, 0.2) is 40.6 Å². The number of halogens is 1. The van der Waals surface area contributed by atoms with E-state index in [1.165, 1.54) is 34.0 Å². The van der Waals surface area contributed by atoms with Crippen LogP contribution in [-0.2, 0) is 10.0 Å². The van der Waals surface area contributed by atoms with Gasteiger partial charge in [-0.1, -0.05) is 19.1 Å². The second-order valence-electron chi connectivity index (χ2n) is 6.19. The van der Waals surface area contributed by atoms with Gasteiger partial charge >= 0.3 is 0 Å². The van der Waals surface area contributed by atoms with Gasteiger partial charge in [0.15, 0.2) is 0 Å². The Kier molecular flexibility index (Phi) is 5.21. The molecule has 1 aliphatic heterocycles. The molecule has 0 unspecified atom stereocenters. The highest BCUT2D eigenvalue weighted by Gasteiger charge is 2.30. The van der Waals surface area contributed by atoms with Crippen LogP contribution in [0.4, 0.5) is 10.1 Å². The molecular formula is C17H19FN2O3S2. The molecule has 1 aliphatic rings. The fourth-order valence-corrected chi connectivity index (χ4v) is 5.59. The van der Waals surface area contributed by atoms with E-state index >= 15 is 0 Å². The van der Waals surface area contributed by atoms with E-state index in [1.54, 1.807) is 6.07 Å². The normalized spacial score (nSPS) is 18.9. The number of benzene rings is 1. The summed E-state index contributed by atoms with van der Waals surface area (Å²) in [5, 5.41) is 3.93. The van der Waals surface area contributed by atoms with E-state index in [-0.39, 0.29) is 15.5 Å². The lowest BCUT2D eigenvalue weighted by Crippen LogP contribution is -2.38. The molecule has 1 saturated heterocycles. The number of hydrogen-bond donors (Lipinski definition) is 1. The van der Waals surface area contributed by atoms with Crippen LogP contribution in [0.5, 0.6) is 0 Å². The summed E-state index contributed by atoms with van der Waals surface area (Å²) >= 11 is 1.03. The molecule has 1 fully saturated rings. The van der Waals surface area contributed by atoms with E-state index in [4.69, 9.17) is 0 Å². The number of hydrogen-bond acceptors (Lipinski definition) is 4. The van der Waals surface area contributed by atoms with Gasteiger partial charge in [0.1, 0.15) is 5.82 Å². The van der Waals surface area contributed by atoms with E-state index in [2.05, 4.69) is 5.32 Å². The molecule has 1 N–H and O–H groups in total.